The number of carbonyl (C=O) groups is 2. The van der Waals surface area contributed by atoms with Crippen molar-refractivity contribution in [2.24, 2.45) is 11.8 Å². The molecule has 214 valence electrons. The molecule has 1 aliphatic carbocycles. The van der Waals surface area contributed by atoms with Crippen molar-refractivity contribution in [2.45, 2.75) is 62.9 Å². The molecule has 4 aliphatic rings. The molecule has 2 N–H and O–H groups in total. The number of nitrogens with one attached hydrogen (secondary N) is 1. The predicted octanol–water partition coefficient (Wildman–Crippen LogP) is 3.59. The second kappa shape index (κ2) is 11.9. The van der Waals surface area contributed by atoms with Crippen molar-refractivity contribution in [1.82, 2.24) is 9.80 Å². The molecule has 6 rings (SSSR count). The number of amides is 1. The Bertz CT molecular complexity index is 1210. The van der Waals surface area contributed by atoms with E-state index in [1.807, 2.05) is 35.2 Å². The van der Waals surface area contributed by atoms with Gasteiger partial charge in [0.15, 0.2) is 6.04 Å². The van der Waals surface area contributed by atoms with Gasteiger partial charge in [0.05, 0.1) is 13.1 Å². The fraction of sp³-hybridized carbons (Fsp3) is 0.562. The Labute approximate surface area is 235 Å². The van der Waals surface area contributed by atoms with Gasteiger partial charge in [-0.1, -0.05) is 49.6 Å². The Kier molecular flexibility index (Phi) is 8.08. The number of rotatable bonds is 8. The van der Waals surface area contributed by atoms with Gasteiger partial charge in [0.1, 0.15) is 11.6 Å². The van der Waals surface area contributed by atoms with Crippen LogP contribution in [0.15, 0.2) is 48.5 Å². The van der Waals surface area contributed by atoms with E-state index < -0.39 is 12.0 Å². The molecule has 7 nitrogen and oxygen atoms in total. The van der Waals surface area contributed by atoms with Gasteiger partial charge in [0.25, 0.3) is 0 Å². The second-order valence-electron chi connectivity index (χ2n) is 12.4. The van der Waals surface area contributed by atoms with Crippen LogP contribution in [0.1, 0.15) is 55.6 Å². The zero-order valence-corrected chi connectivity index (χ0v) is 23.1. The van der Waals surface area contributed by atoms with E-state index in [1.54, 1.807) is 12.1 Å². The van der Waals surface area contributed by atoms with Gasteiger partial charge in [-0.15, -0.1) is 0 Å². The van der Waals surface area contributed by atoms with Crippen LogP contribution in [0.2, 0.25) is 0 Å². The molecule has 2 saturated heterocycles. The molecular formula is C32H41FN3O4+. The fourth-order valence-electron chi connectivity index (χ4n) is 7.49. The number of carboxylic acid groups (broad SMARTS) is 1. The first kappa shape index (κ1) is 27.2. The Morgan fingerprint density at radius 2 is 1.85 bits per heavy atom. The number of hydrogen-bond acceptors (Lipinski definition) is 4. The number of nitrogens with zero attached hydrogens (tertiary/aromatic N) is 2. The summed E-state index contributed by atoms with van der Waals surface area (Å²) in [7, 11) is 0. The van der Waals surface area contributed by atoms with Crippen molar-refractivity contribution in [2.75, 3.05) is 39.3 Å². The lowest BCUT2D eigenvalue weighted by molar-refractivity contribution is -0.907. The summed E-state index contributed by atoms with van der Waals surface area (Å²) in [5.41, 5.74) is 2.05. The third-order valence-corrected chi connectivity index (χ3v) is 9.95. The first-order chi connectivity index (χ1) is 19.4. The van der Waals surface area contributed by atoms with Gasteiger partial charge in [-0.05, 0) is 54.5 Å². The third-order valence-electron chi connectivity index (χ3n) is 9.95. The van der Waals surface area contributed by atoms with Crippen molar-refractivity contribution >= 4 is 12.1 Å². The standard InChI is InChI=1S/C32H40FN3O4/c33-26-9-4-8-24(18-26)28-21-35(29(31(37)38)17-22-5-3-6-22)20-25(28)19-34-14-12-27(13-15-34)36-16-11-23-7-1-2-10-30(23)40-32(36)39/h1-2,4,7-10,18,22,25,27-29H,3,5-6,11-17,19-21H2,(H,37,38)/p+1/t25-,28+,29+/m0/s1. The highest BCUT2D eigenvalue weighted by Gasteiger charge is 2.45. The van der Waals surface area contributed by atoms with Gasteiger partial charge < -0.3 is 24.5 Å². The van der Waals surface area contributed by atoms with E-state index in [-0.39, 0.29) is 29.8 Å². The maximum atomic E-state index is 14.2. The zero-order chi connectivity index (χ0) is 27.6. The largest absolute Gasteiger partial charge is 0.477 e. The highest BCUT2D eigenvalue weighted by molar-refractivity contribution is 5.72. The van der Waals surface area contributed by atoms with E-state index in [2.05, 4.69) is 4.90 Å². The summed E-state index contributed by atoms with van der Waals surface area (Å²) >= 11 is 0. The minimum absolute atomic E-state index is 0.130. The highest BCUT2D eigenvalue weighted by Crippen LogP contribution is 2.33. The van der Waals surface area contributed by atoms with Gasteiger partial charge >= 0.3 is 12.1 Å². The number of ether oxygens (including phenoxy) is 1. The normalized spacial score (nSPS) is 27.0. The van der Waals surface area contributed by atoms with Crippen molar-refractivity contribution in [3.05, 3.63) is 65.5 Å². The fourth-order valence-corrected chi connectivity index (χ4v) is 7.49. The van der Waals surface area contributed by atoms with Crippen LogP contribution in [0.25, 0.3) is 0 Å². The summed E-state index contributed by atoms with van der Waals surface area (Å²) in [6, 6.07) is 14.4. The van der Waals surface area contributed by atoms with Crippen LogP contribution in [-0.4, -0.2) is 78.3 Å². The number of likely N-dealkylation sites (tertiary alicyclic amines) is 2. The van der Waals surface area contributed by atoms with Crippen molar-refractivity contribution in [1.29, 1.82) is 0 Å². The molecule has 1 amide bonds. The van der Waals surface area contributed by atoms with Gasteiger partial charge in [-0.2, -0.15) is 0 Å². The number of halogens is 1. The summed E-state index contributed by atoms with van der Waals surface area (Å²) in [6.07, 6.45) is 6.55. The van der Waals surface area contributed by atoms with Gasteiger partial charge in [0.2, 0.25) is 0 Å². The number of carbonyl (C=O) groups excluding carboxylic acids is 1. The van der Waals surface area contributed by atoms with E-state index in [1.165, 1.54) is 12.5 Å². The third kappa shape index (κ3) is 5.88. The van der Waals surface area contributed by atoms with Crippen LogP contribution in [0.4, 0.5) is 9.18 Å². The molecule has 3 heterocycles. The maximum absolute atomic E-state index is 14.2. The minimum Gasteiger partial charge on any atom is -0.477 e. The number of aliphatic carboxylic acids is 1. The van der Waals surface area contributed by atoms with Crippen molar-refractivity contribution in [3.8, 4) is 5.75 Å². The highest BCUT2D eigenvalue weighted by atomic mass is 19.1. The van der Waals surface area contributed by atoms with Crippen molar-refractivity contribution < 1.29 is 28.7 Å². The number of piperidine rings is 1. The molecule has 3 aliphatic heterocycles. The quantitative estimate of drug-likeness (QED) is 0.526. The topological polar surface area (TPSA) is 74.5 Å². The Morgan fingerprint density at radius 3 is 2.58 bits per heavy atom. The molecule has 2 aromatic carbocycles. The minimum atomic E-state index is -0.701. The molecule has 4 atom stereocenters. The van der Waals surface area contributed by atoms with Gasteiger partial charge in [0, 0.05) is 50.5 Å². The molecule has 0 aromatic heterocycles. The molecule has 0 radical (unpaired) electrons. The molecule has 40 heavy (non-hydrogen) atoms. The molecule has 2 aromatic rings. The Hall–Kier alpha value is -2.97. The molecule has 0 spiro atoms. The van der Waals surface area contributed by atoms with Crippen LogP contribution in [0.3, 0.4) is 0 Å². The average Bonchev–Trinajstić information content (AvgIpc) is 3.24. The number of quaternary nitrogens is 1. The van der Waals surface area contributed by atoms with E-state index in [0.29, 0.717) is 18.2 Å². The number of para-hydroxylation sites is 1. The van der Waals surface area contributed by atoms with E-state index >= 15 is 0 Å². The first-order valence-corrected chi connectivity index (χ1v) is 15.1. The van der Waals surface area contributed by atoms with E-state index in [4.69, 9.17) is 4.74 Å². The Balaban J connectivity index is 1.11. The average molecular weight is 551 g/mol. The van der Waals surface area contributed by atoms with Crippen LogP contribution in [0.5, 0.6) is 5.75 Å². The molecule has 1 unspecified atom stereocenters. The number of carboxylic acids is 1. The Morgan fingerprint density at radius 1 is 1.05 bits per heavy atom. The van der Waals surface area contributed by atoms with Crippen LogP contribution >= 0.6 is 0 Å². The molecule has 0 bridgehead atoms. The monoisotopic (exact) mass is 550 g/mol. The van der Waals surface area contributed by atoms with E-state index in [0.717, 1.165) is 87.3 Å². The smallest absolute Gasteiger partial charge is 0.415 e. The SMILES string of the molecule is O=C(O)[C@@H](CC1CCC1)[NH+]1C[C@H](CN2CCC(N3CCc4ccccc4OC3=O)CC2)[C@@H](c2cccc(F)c2)C1. The van der Waals surface area contributed by atoms with Crippen molar-refractivity contribution in [3.63, 3.8) is 0 Å². The molecule has 8 heteroatoms. The lowest BCUT2D eigenvalue weighted by Crippen LogP contribution is -3.15. The number of hydrogen-bond donors (Lipinski definition) is 2. The van der Waals surface area contributed by atoms with Gasteiger partial charge in [-0.3, -0.25) is 0 Å². The summed E-state index contributed by atoms with van der Waals surface area (Å²) in [4.78, 5) is 30.8. The van der Waals surface area contributed by atoms with E-state index in [9.17, 15) is 19.1 Å². The van der Waals surface area contributed by atoms with Crippen LogP contribution in [-0.2, 0) is 11.2 Å². The predicted molar refractivity (Wildman–Crippen MR) is 149 cm³/mol. The zero-order valence-electron chi connectivity index (χ0n) is 23.1. The second-order valence-corrected chi connectivity index (χ2v) is 12.4. The van der Waals surface area contributed by atoms with Gasteiger partial charge in [-0.25, -0.2) is 14.0 Å². The summed E-state index contributed by atoms with van der Waals surface area (Å²) in [6.45, 7) is 4.82. The lowest BCUT2D eigenvalue weighted by atomic mass is 9.80. The molecule has 1 saturated carbocycles. The number of benzene rings is 2. The molecule has 3 fully saturated rings. The summed E-state index contributed by atoms with van der Waals surface area (Å²) in [5, 5.41) is 10.1. The maximum Gasteiger partial charge on any atom is 0.415 e. The summed E-state index contributed by atoms with van der Waals surface area (Å²) < 4.78 is 19.9. The first-order valence-electron chi connectivity index (χ1n) is 15.1. The lowest BCUT2D eigenvalue weighted by Gasteiger charge is -2.38. The summed E-state index contributed by atoms with van der Waals surface area (Å²) in [5.74, 6) is 0.646. The van der Waals surface area contributed by atoms with Crippen LogP contribution < -0.4 is 9.64 Å². The molecular weight excluding hydrogens is 509 g/mol. The number of fused-ring (bicyclic) bond motifs is 1. The van der Waals surface area contributed by atoms with Crippen LogP contribution in [0, 0.1) is 17.7 Å².